The van der Waals surface area contributed by atoms with Crippen LogP contribution in [0.4, 0.5) is 0 Å². The number of fused-ring (bicyclic) bond motifs is 1. The number of hydrogen-bond donors (Lipinski definition) is 0. The first-order valence-corrected chi connectivity index (χ1v) is 7.90. The average Bonchev–Trinajstić information content (AvgIpc) is 2.88. The minimum atomic E-state index is 0.686. The molecule has 0 aliphatic carbocycles. The Labute approximate surface area is 137 Å². The minimum Gasteiger partial charge on any atom is -0.497 e. The van der Waals surface area contributed by atoms with Crippen molar-refractivity contribution in [2.75, 3.05) is 7.11 Å². The van der Waals surface area contributed by atoms with Crippen LogP contribution in [0.1, 0.15) is 35.5 Å². The Morgan fingerprint density at radius 3 is 2.39 bits per heavy atom. The van der Waals surface area contributed by atoms with Crippen molar-refractivity contribution in [2.24, 2.45) is 0 Å². The first-order chi connectivity index (χ1) is 11.2. The van der Waals surface area contributed by atoms with E-state index < -0.39 is 0 Å². The van der Waals surface area contributed by atoms with Crippen LogP contribution in [0.5, 0.6) is 5.75 Å². The Kier molecular flexibility index (Phi) is 5.58. The fraction of sp³-hybridized carbons (Fsp3) is 0.250. The van der Waals surface area contributed by atoms with Gasteiger partial charge in [0.1, 0.15) is 5.75 Å². The Balaban J connectivity index is 0.000000924. The van der Waals surface area contributed by atoms with Crippen molar-refractivity contribution in [1.29, 1.82) is 0 Å². The molecule has 1 aromatic heterocycles. The van der Waals surface area contributed by atoms with Crippen molar-refractivity contribution in [2.45, 2.75) is 27.3 Å². The molecule has 0 saturated heterocycles. The van der Waals surface area contributed by atoms with Crippen molar-refractivity contribution in [3.05, 3.63) is 65.4 Å². The molecule has 3 heteroatoms. The predicted octanol–water partition coefficient (Wildman–Crippen LogP) is 4.85. The first kappa shape index (κ1) is 16.8. The van der Waals surface area contributed by atoms with E-state index in [2.05, 4.69) is 16.7 Å². The zero-order valence-electron chi connectivity index (χ0n) is 14.2. The van der Waals surface area contributed by atoms with Gasteiger partial charge >= 0.3 is 0 Å². The molecular weight excluding hydrogens is 286 g/mol. The molecule has 3 rings (SSSR count). The molecule has 2 aromatic carbocycles. The molecule has 0 radical (unpaired) electrons. The smallest absolute Gasteiger partial charge is 0.166 e. The maximum atomic E-state index is 11.5. The summed E-state index contributed by atoms with van der Waals surface area (Å²) in [5, 5.41) is 1.06. The van der Waals surface area contributed by atoms with Crippen molar-refractivity contribution >= 4 is 17.2 Å². The molecule has 0 aliphatic rings. The topological polar surface area (TPSA) is 31.2 Å². The van der Waals surface area contributed by atoms with Crippen LogP contribution in [0.25, 0.3) is 10.9 Å². The molecule has 0 N–H and O–H groups in total. The van der Waals surface area contributed by atoms with Crippen LogP contribution < -0.4 is 4.74 Å². The molecule has 23 heavy (non-hydrogen) atoms. The minimum absolute atomic E-state index is 0.686. The summed E-state index contributed by atoms with van der Waals surface area (Å²) in [4.78, 5) is 11.5. The third-order valence-corrected chi connectivity index (χ3v) is 3.87. The molecule has 3 aromatic rings. The molecule has 3 nitrogen and oxygen atoms in total. The Hall–Kier alpha value is -2.55. The van der Waals surface area contributed by atoms with Crippen molar-refractivity contribution in [1.82, 2.24) is 4.57 Å². The van der Waals surface area contributed by atoms with E-state index in [0.29, 0.717) is 6.54 Å². The highest BCUT2D eigenvalue weighted by molar-refractivity contribution is 5.93. The number of nitrogens with zero attached hydrogens (tertiary/aromatic N) is 1. The number of rotatable bonds is 4. The van der Waals surface area contributed by atoms with E-state index in [1.165, 1.54) is 5.56 Å². The molecule has 0 amide bonds. The predicted molar refractivity (Wildman–Crippen MR) is 95.5 cm³/mol. The van der Waals surface area contributed by atoms with E-state index in [1.54, 1.807) is 7.11 Å². The lowest BCUT2D eigenvalue weighted by atomic mass is 10.1. The lowest BCUT2D eigenvalue weighted by Crippen LogP contribution is -2.04. The van der Waals surface area contributed by atoms with Gasteiger partial charge < -0.3 is 9.30 Å². The highest BCUT2D eigenvalue weighted by Gasteiger charge is 2.14. The van der Waals surface area contributed by atoms with Gasteiger partial charge in [-0.15, -0.1) is 0 Å². The lowest BCUT2D eigenvalue weighted by Gasteiger charge is -2.08. The van der Waals surface area contributed by atoms with Gasteiger partial charge in [0.15, 0.2) is 6.29 Å². The van der Waals surface area contributed by atoms with Crippen molar-refractivity contribution in [3.63, 3.8) is 0 Å². The zero-order chi connectivity index (χ0) is 16.8. The fourth-order valence-corrected chi connectivity index (χ4v) is 2.74. The Morgan fingerprint density at radius 2 is 1.78 bits per heavy atom. The van der Waals surface area contributed by atoms with Gasteiger partial charge in [0.25, 0.3) is 0 Å². The number of benzene rings is 2. The quantitative estimate of drug-likeness (QED) is 0.645. The molecule has 0 unspecified atom stereocenters. The van der Waals surface area contributed by atoms with Crippen LogP contribution in [-0.4, -0.2) is 18.0 Å². The van der Waals surface area contributed by atoms with Crippen LogP contribution in [0.3, 0.4) is 0 Å². The van der Waals surface area contributed by atoms with Crippen LogP contribution in [0.2, 0.25) is 0 Å². The van der Waals surface area contributed by atoms with Gasteiger partial charge in [-0.3, -0.25) is 4.79 Å². The van der Waals surface area contributed by atoms with Crippen molar-refractivity contribution < 1.29 is 9.53 Å². The maximum Gasteiger partial charge on any atom is 0.166 e. The summed E-state index contributed by atoms with van der Waals surface area (Å²) in [6.07, 6.45) is 0.935. The second-order valence-corrected chi connectivity index (χ2v) is 5.08. The number of ether oxygens (including phenoxy) is 1. The third kappa shape index (κ3) is 3.29. The number of aryl methyl sites for hydroxylation is 1. The van der Waals surface area contributed by atoms with E-state index in [0.717, 1.165) is 34.2 Å². The summed E-state index contributed by atoms with van der Waals surface area (Å²) in [5.74, 6) is 0.805. The van der Waals surface area contributed by atoms with Crippen LogP contribution >= 0.6 is 0 Å². The molecule has 0 saturated carbocycles. The van der Waals surface area contributed by atoms with Gasteiger partial charge in [-0.25, -0.2) is 0 Å². The van der Waals surface area contributed by atoms with E-state index in [1.807, 2.05) is 57.2 Å². The Morgan fingerprint density at radius 1 is 1.09 bits per heavy atom. The van der Waals surface area contributed by atoms with Gasteiger partial charge in [0.05, 0.1) is 12.8 Å². The van der Waals surface area contributed by atoms with Gasteiger partial charge in [-0.2, -0.15) is 0 Å². The Bertz CT molecular complexity index is 788. The fourth-order valence-electron chi connectivity index (χ4n) is 2.74. The molecule has 1 heterocycles. The number of carbonyl (C=O) groups is 1. The van der Waals surface area contributed by atoms with E-state index in [4.69, 9.17) is 4.74 Å². The summed E-state index contributed by atoms with van der Waals surface area (Å²) >= 11 is 0. The molecule has 0 fully saturated rings. The van der Waals surface area contributed by atoms with Crippen LogP contribution in [0, 0.1) is 6.92 Å². The zero-order valence-corrected chi connectivity index (χ0v) is 14.2. The monoisotopic (exact) mass is 309 g/mol. The summed E-state index contributed by atoms with van der Waals surface area (Å²) < 4.78 is 7.34. The summed E-state index contributed by atoms with van der Waals surface area (Å²) in [7, 11) is 1.65. The largest absolute Gasteiger partial charge is 0.497 e. The maximum absolute atomic E-state index is 11.5. The second-order valence-electron chi connectivity index (χ2n) is 5.08. The number of carbonyl (C=O) groups excluding carboxylic acids is 1. The summed E-state index contributed by atoms with van der Waals surface area (Å²) in [5.41, 5.74) is 3.95. The van der Waals surface area contributed by atoms with Crippen LogP contribution in [0.15, 0.2) is 48.5 Å². The van der Waals surface area contributed by atoms with Crippen LogP contribution in [-0.2, 0) is 6.54 Å². The normalized spacial score (nSPS) is 10.1. The third-order valence-electron chi connectivity index (χ3n) is 3.87. The summed E-state index contributed by atoms with van der Waals surface area (Å²) in [6, 6.07) is 16.1. The molecule has 120 valence electrons. The number of hydrogen-bond acceptors (Lipinski definition) is 2. The molecule has 0 atom stereocenters. The first-order valence-electron chi connectivity index (χ1n) is 7.90. The lowest BCUT2D eigenvalue weighted by molar-refractivity contribution is 0.111. The van der Waals surface area contributed by atoms with E-state index >= 15 is 0 Å². The van der Waals surface area contributed by atoms with Gasteiger partial charge in [0, 0.05) is 17.4 Å². The highest BCUT2D eigenvalue weighted by atomic mass is 16.5. The van der Waals surface area contributed by atoms with Crippen molar-refractivity contribution in [3.8, 4) is 5.75 Å². The molecule has 0 aliphatic heterocycles. The van der Waals surface area contributed by atoms with Gasteiger partial charge in [-0.05, 0) is 36.2 Å². The average molecular weight is 309 g/mol. The molecule has 0 bridgehead atoms. The second kappa shape index (κ2) is 7.63. The summed E-state index contributed by atoms with van der Waals surface area (Å²) in [6.45, 7) is 6.67. The van der Waals surface area contributed by atoms with E-state index in [9.17, 15) is 4.79 Å². The number of aromatic nitrogens is 1. The SMILES string of the molecule is CC.COc1ccc2c(c1)c(C)c(C=O)n2Cc1ccccc1. The number of aldehydes is 1. The van der Waals surface area contributed by atoms with Gasteiger partial charge in [0.2, 0.25) is 0 Å². The standard InChI is InChI=1S/C18H17NO2.C2H6/c1-13-16-10-15(21-2)8-9-17(16)19(18(13)12-20)11-14-6-4-3-5-7-14;1-2/h3-10,12H,11H2,1-2H3;1-2H3. The van der Waals surface area contributed by atoms with E-state index in [-0.39, 0.29) is 0 Å². The number of methoxy groups -OCH3 is 1. The van der Waals surface area contributed by atoms with Gasteiger partial charge in [-0.1, -0.05) is 44.2 Å². The highest BCUT2D eigenvalue weighted by Crippen LogP contribution is 2.29. The molecular formula is C20H23NO2. The molecule has 0 spiro atoms.